The molecule has 8 nitrogen and oxygen atoms in total. The number of aliphatic hydroxyl groups is 1. The summed E-state index contributed by atoms with van der Waals surface area (Å²) in [6.07, 6.45) is 2.21. The molecule has 0 aromatic rings. The molecule has 0 aromatic carbocycles. The summed E-state index contributed by atoms with van der Waals surface area (Å²) in [5.41, 5.74) is 4.93. The molecule has 0 aromatic heterocycles. The average Bonchev–Trinajstić information content (AvgIpc) is 2.24. The largest absolute Gasteiger partial charge is 0.480 e. The van der Waals surface area contributed by atoms with Crippen LogP contribution in [0.15, 0.2) is 0 Å². The molecule has 1 aliphatic rings. The number of urea groups is 1. The van der Waals surface area contributed by atoms with Crippen LogP contribution in [0.25, 0.3) is 0 Å². The number of aliphatic hydroxyl groups excluding tert-OH is 1. The van der Waals surface area contributed by atoms with Crippen molar-refractivity contribution in [3.05, 3.63) is 0 Å². The van der Waals surface area contributed by atoms with Crippen LogP contribution in [-0.2, 0) is 9.59 Å². The van der Waals surface area contributed by atoms with Gasteiger partial charge in [-0.15, -0.1) is 0 Å². The van der Waals surface area contributed by atoms with E-state index in [0.717, 1.165) is 19.3 Å². The van der Waals surface area contributed by atoms with E-state index in [-0.39, 0.29) is 19.2 Å². The first-order chi connectivity index (χ1) is 8.95. The molecule has 1 atom stereocenters. The Labute approximate surface area is 110 Å². The molecule has 1 aliphatic carbocycles. The van der Waals surface area contributed by atoms with Crippen LogP contribution in [0, 0.1) is 0 Å². The second-order valence-corrected chi connectivity index (χ2v) is 4.51. The van der Waals surface area contributed by atoms with E-state index >= 15 is 0 Å². The molecule has 0 spiro atoms. The van der Waals surface area contributed by atoms with E-state index in [1.54, 1.807) is 0 Å². The van der Waals surface area contributed by atoms with Gasteiger partial charge in [0.1, 0.15) is 6.04 Å². The summed E-state index contributed by atoms with van der Waals surface area (Å²) >= 11 is 0. The quantitative estimate of drug-likeness (QED) is 0.466. The number of carbonyl (C=O) groups is 3. The molecule has 1 rings (SSSR count). The van der Waals surface area contributed by atoms with Crippen LogP contribution in [0.5, 0.6) is 0 Å². The number of aliphatic carboxylic acids is 1. The van der Waals surface area contributed by atoms with Gasteiger partial charge in [0.15, 0.2) is 0 Å². The minimum Gasteiger partial charge on any atom is -0.480 e. The molecule has 5 N–H and O–H groups in total. The fourth-order valence-corrected chi connectivity index (χ4v) is 1.89. The maximum absolute atomic E-state index is 12.0. The van der Waals surface area contributed by atoms with Crippen molar-refractivity contribution in [3.8, 4) is 0 Å². The Morgan fingerprint density at radius 2 is 2.00 bits per heavy atom. The number of carboxylic acid groups (broad SMARTS) is 1. The van der Waals surface area contributed by atoms with Gasteiger partial charge in [-0.3, -0.25) is 4.79 Å². The number of carboxylic acids is 1. The third kappa shape index (κ3) is 4.40. The second kappa shape index (κ2) is 6.93. The first-order valence-electron chi connectivity index (χ1n) is 6.14. The highest BCUT2D eigenvalue weighted by Crippen LogP contribution is 2.24. The summed E-state index contributed by atoms with van der Waals surface area (Å²) in [5.74, 6) is -2.12. The predicted octanol–water partition coefficient (Wildman–Crippen LogP) is -1.13. The number of rotatable bonds is 7. The molecule has 8 heteroatoms. The zero-order valence-corrected chi connectivity index (χ0v) is 10.5. The lowest BCUT2D eigenvalue weighted by atomic mass is 9.91. The van der Waals surface area contributed by atoms with Gasteiger partial charge in [-0.05, 0) is 19.3 Å². The van der Waals surface area contributed by atoms with Crippen molar-refractivity contribution in [2.75, 3.05) is 13.2 Å². The molecule has 1 saturated carbocycles. The highest BCUT2D eigenvalue weighted by atomic mass is 16.4. The summed E-state index contributed by atoms with van der Waals surface area (Å²) in [7, 11) is 0. The average molecular weight is 273 g/mol. The molecule has 108 valence electrons. The molecule has 0 saturated heterocycles. The summed E-state index contributed by atoms with van der Waals surface area (Å²) < 4.78 is 0. The van der Waals surface area contributed by atoms with Gasteiger partial charge in [-0.2, -0.15) is 0 Å². The smallest absolute Gasteiger partial charge is 0.326 e. The number of primary amides is 1. The van der Waals surface area contributed by atoms with E-state index < -0.39 is 30.4 Å². The van der Waals surface area contributed by atoms with Crippen molar-refractivity contribution in [1.29, 1.82) is 0 Å². The maximum Gasteiger partial charge on any atom is 0.326 e. The number of nitrogens with zero attached hydrogens (tertiary/aromatic N) is 1. The fraction of sp³-hybridized carbons (Fsp3) is 0.727. The highest BCUT2D eigenvalue weighted by Gasteiger charge is 2.31. The van der Waals surface area contributed by atoms with E-state index in [2.05, 4.69) is 5.32 Å². The second-order valence-electron chi connectivity index (χ2n) is 4.51. The Bertz CT molecular complexity index is 356. The van der Waals surface area contributed by atoms with E-state index in [0.29, 0.717) is 0 Å². The molecular weight excluding hydrogens is 254 g/mol. The SMILES string of the molecule is NC(=O)C[C@@H](NC(=O)N(CCO)C1CCC1)C(=O)O. The zero-order chi connectivity index (χ0) is 14.4. The van der Waals surface area contributed by atoms with Crippen LogP contribution in [0.2, 0.25) is 0 Å². The highest BCUT2D eigenvalue weighted by molar-refractivity contribution is 5.87. The molecule has 0 radical (unpaired) electrons. The van der Waals surface area contributed by atoms with Crippen molar-refractivity contribution in [3.63, 3.8) is 0 Å². The third-order valence-corrected chi connectivity index (χ3v) is 3.12. The van der Waals surface area contributed by atoms with E-state index in [4.69, 9.17) is 15.9 Å². The minimum atomic E-state index is -1.34. The van der Waals surface area contributed by atoms with Crippen LogP contribution in [0.4, 0.5) is 4.79 Å². The maximum atomic E-state index is 12.0. The molecule has 0 heterocycles. The topological polar surface area (TPSA) is 133 Å². The van der Waals surface area contributed by atoms with Gasteiger partial charge < -0.3 is 26.2 Å². The van der Waals surface area contributed by atoms with Crippen LogP contribution < -0.4 is 11.1 Å². The normalized spacial score (nSPS) is 16.3. The van der Waals surface area contributed by atoms with Crippen LogP contribution >= 0.6 is 0 Å². The lowest BCUT2D eigenvalue weighted by Crippen LogP contribution is -2.54. The number of carbonyl (C=O) groups excluding carboxylic acids is 2. The van der Waals surface area contributed by atoms with E-state index in [1.807, 2.05) is 0 Å². The molecule has 1 fully saturated rings. The summed E-state index contributed by atoms with van der Waals surface area (Å²) in [6.45, 7) is -0.0586. The minimum absolute atomic E-state index is 0.0233. The van der Waals surface area contributed by atoms with Crippen molar-refractivity contribution in [2.24, 2.45) is 5.73 Å². The van der Waals surface area contributed by atoms with Crippen LogP contribution in [0.3, 0.4) is 0 Å². The number of hydrogen-bond donors (Lipinski definition) is 4. The van der Waals surface area contributed by atoms with Gasteiger partial charge in [0, 0.05) is 12.6 Å². The predicted molar refractivity (Wildman–Crippen MR) is 65.2 cm³/mol. The van der Waals surface area contributed by atoms with Gasteiger partial charge in [0.05, 0.1) is 13.0 Å². The number of amides is 3. The van der Waals surface area contributed by atoms with Gasteiger partial charge in [-0.1, -0.05) is 0 Å². The molecule has 19 heavy (non-hydrogen) atoms. The van der Waals surface area contributed by atoms with Crippen molar-refractivity contribution >= 4 is 17.9 Å². The monoisotopic (exact) mass is 273 g/mol. The van der Waals surface area contributed by atoms with E-state index in [1.165, 1.54) is 4.90 Å². The van der Waals surface area contributed by atoms with Crippen LogP contribution in [-0.4, -0.2) is 58.3 Å². The third-order valence-electron chi connectivity index (χ3n) is 3.12. The Balaban J connectivity index is 2.61. The Kier molecular flexibility index (Phi) is 5.56. The Hall–Kier alpha value is -1.83. The van der Waals surface area contributed by atoms with Gasteiger partial charge in [0.25, 0.3) is 0 Å². The van der Waals surface area contributed by atoms with Gasteiger partial charge in [-0.25, -0.2) is 9.59 Å². The van der Waals surface area contributed by atoms with Gasteiger partial charge in [0.2, 0.25) is 5.91 Å². The summed E-state index contributed by atoms with van der Waals surface area (Å²) in [6, 6.07) is -1.91. The lowest BCUT2D eigenvalue weighted by molar-refractivity contribution is -0.141. The summed E-state index contributed by atoms with van der Waals surface area (Å²) in [5, 5.41) is 20.1. The van der Waals surface area contributed by atoms with Crippen molar-refractivity contribution < 1.29 is 24.6 Å². The number of nitrogens with two attached hydrogens (primary N) is 1. The first kappa shape index (κ1) is 15.2. The summed E-state index contributed by atoms with van der Waals surface area (Å²) in [4.78, 5) is 35.0. The fourth-order valence-electron chi connectivity index (χ4n) is 1.89. The Morgan fingerprint density at radius 1 is 1.37 bits per heavy atom. The molecule has 3 amide bonds. The molecule has 0 bridgehead atoms. The zero-order valence-electron chi connectivity index (χ0n) is 10.5. The van der Waals surface area contributed by atoms with Crippen molar-refractivity contribution in [2.45, 2.75) is 37.8 Å². The lowest BCUT2D eigenvalue weighted by Gasteiger charge is -2.37. The molecule has 0 unspecified atom stereocenters. The molecule has 0 aliphatic heterocycles. The number of hydrogen-bond acceptors (Lipinski definition) is 4. The molecular formula is C11H19N3O5. The standard InChI is InChI=1S/C11H19N3O5/c12-9(16)6-8(10(17)18)13-11(19)14(4-5-15)7-2-1-3-7/h7-8,15H,1-6H2,(H2,12,16)(H,13,19)(H,17,18)/t8-/m1/s1. The number of nitrogens with one attached hydrogen (secondary N) is 1. The van der Waals surface area contributed by atoms with E-state index in [9.17, 15) is 14.4 Å². The van der Waals surface area contributed by atoms with Crippen LogP contribution in [0.1, 0.15) is 25.7 Å². The Morgan fingerprint density at radius 3 is 2.37 bits per heavy atom. The van der Waals surface area contributed by atoms with Crippen molar-refractivity contribution in [1.82, 2.24) is 10.2 Å². The van der Waals surface area contributed by atoms with Gasteiger partial charge >= 0.3 is 12.0 Å². The first-order valence-corrected chi connectivity index (χ1v) is 6.14.